The summed E-state index contributed by atoms with van der Waals surface area (Å²) in [7, 11) is 1.40. The third-order valence-electron chi connectivity index (χ3n) is 5.93. The highest BCUT2D eigenvalue weighted by Gasteiger charge is 2.49. The van der Waals surface area contributed by atoms with E-state index in [0.717, 1.165) is 0 Å². The van der Waals surface area contributed by atoms with Crippen LogP contribution in [0.25, 0.3) is 0 Å². The molecule has 3 aliphatic heterocycles. The molecule has 3 atom stereocenters. The molecule has 1 unspecified atom stereocenters. The summed E-state index contributed by atoms with van der Waals surface area (Å²) in [5.74, 6) is -0.248. The smallest absolute Gasteiger partial charge is 0.410 e. The van der Waals surface area contributed by atoms with Crippen LogP contribution in [0.2, 0.25) is 0 Å². The van der Waals surface area contributed by atoms with Crippen molar-refractivity contribution >= 4 is 18.1 Å². The molecule has 3 saturated heterocycles. The number of likely N-dealkylation sites (tertiary alicyclic amines) is 1. The second-order valence-electron chi connectivity index (χ2n) is 9.43. The summed E-state index contributed by atoms with van der Waals surface area (Å²) in [6.07, 6.45) is 0.244. The van der Waals surface area contributed by atoms with Crippen LogP contribution in [0.4, 0.5) is 9.59 Å². The highest BCUT2D eigenvalue weighted by Crippen LogP contribution is 2.30. The highest BCUT2D eigenvalue weighted by atomic mass is 16.6. The molecule has 0 N–H and O–H groups in total. The Balaban J connectivity index is 1.66. The van der Waals surface area contributed by atoms with Crippen LogP contribution in [-0.2, 0) is 14.3 Å². The van der Waals surface area contributed by atoms with Crippen LogP contribution in [0.3, 0.4) is 0 Å². The molecule has 0 saturated carbocycles. The minimum atomic E-state index is -0.543. The Bertz CT molecular complexity index is 662. The zero-order valence-electron chi connectivity index (χ0n) is 18.4. The average Bonchev–Trinajstić information content (AvgIpc) is 3.21. The van der Waals surface area contributed by atoms with E-state index in [1.807, 2.05) is 44.4 Å². The molecule has 0 aromatic heterocycles. The standard InChI is InChI=1S/C20H34N4O5/c1-13(2)23-11-14(9-16(23)17(25)28-6)24-12-15-10-21(7-8-22(15)18(24)26)19(27)29-20(3,4)5/h13-16H,7-12H2,1-6H3/t14?,15-,16-/m0/s1. The number of amides is 3. The molecule has 164 valence electrons. The maximum Gasteiger partial charge on any atom is 0.410 e. The van der Waals surface area contributed by atoms with Gasteiger partial charge < -0.3 is 24.2 Å². The molecule has 29 heavy (non-hydrogen) atoms. The molecule has 9 nitrogen and oxygen atoms in total. The van der Waals surface area contributed by atoms with Gasteiger partial charge in [-0.05, 0) is 41.0 Å². The molecule has 3 rings (SSSR count). The van der Waals surface area contributed by atoms with E-state index in [1.165, 1.54) is 7.11 Å². The predicted octanol–water partition coefficient (Wildman–Crippen LogP) is 1.37. The Morgan fingerprint density at radius 3 is 2.31 bits per heavy atom. The number of ether oxygens (including phenoxy) is 2. The van der Waals surface area contributed by atoms with Crippen LogP contribution >= 0.6 is 0 Å². The fourth-order valence-corrected chi connectivity index (χ4v) is 4.53. The molecule has 0 aromatic rings. The van der Waals surface area contributed by atoms with Gasteiger partial charge in [0.2, 0.25) is 0 Å². The first-order valence-corrected chi connectivity index (χ1v) is 10.4. The van der Waals surface area contributed by atoms with Crippen LogP contribution in [0, 0.1) is 0 Å². The van der Waals surface area contributed by atoms with Gasteiger partial charge in [0, 0.05) is 44.8 Å². The molecule has 0 bridgehead atoms. The Kier molecular flexibility index (Phi) is 5.98. The normalized spacial score (nSPS) is 28.2. The molecular formula is C20H34N4O5. The predicted molar refractivity (Wildman–Crippen MR) is 106 cm³/mol. The minimum Gasteiger partial charge on any atom is -0.468 e. The summed E-state index contributed by atoms with van der Waals surface area (Å²) in [6, 6.07) is -0.221. The van der Waals surface area contributed by atoms with Crippen molar-refractivity contribution < 1.29 is 23.9 Å². The maximum absolute atomic E-state index is 13.0. The van der Waals surface area contributed by atoms with Gasteiger partial charge in [-0.15, -0.1) is 0 Å². The summed E-state index contributed by atoms with van der Waals surface area (Å²) < 4.78 is 10.5. The Hall–Kier alpha value is -2.03. The fourth-order valence-electron chi connectivity index (χ4n) is 4.53. The van der Waals surface area contributed by atoms with Gasteiger partial charge in [0.1, 0.15) is 11.6 Å². The van der Waals surface area contributed by atoms with Crippen LogP contribution < -0.4 is 0 Å². The SMILES string of the molecule is COC(=O)[C@@H]1CC(N2C[C@@H]3CN(C(=O)OC(C)(C)C)CCN3C2=O)CN1C(C)C. The summed E-state index contributed by atoms with van der Waals surface area (Å²) >= 11 is 0. The number of carbonyl (C=O) groups is 3. The lowest BCUT2D eigenvalue weighted by Gasteiger charge is -2.37. The lowest BCUT2D eigenvalue weighted by molar-refractivity contribution is -0.146. The number of esters is 1. The first-order valence-electron chi connectivity index (χ1n) is 10.4. The zero-order valence-corrected chi connectivity index (χ0v) is 18.4. The molecule has 3 fully saturated rings. The van der Waals surface area contributed by atoms with Crippen molar-refractivity contribution in [1.29, 1.82) is 0 Å². The second kappa shape index (κ2) is 8.01. The third-order valence-corrected chi connectivity index (χ3v) is 5.93. The number of hydrogen-bond acceptors (Lipinski definition) is 6. The van der Waals surface area contributed by atoms with Crippen molar-refractivity contribution in [3.63, 3.8) is 0 Å². The van der Waals surface area contributed by atoms with E-state index in [2.05, 4.69) is 4.90 Å². The first-order chi connectivity index (χ1) is 13.5. The van der Waals surface area contributed by atoms with Gasteiger partial charge in [0.15, 0.2) is 0 Å². The Labute approximate surface area is 172 Å². The van der Waals surface area contributed by atoms with Crippen molar-refractivity contribution in [3.05, 3.63) is 0 Å². The summed E-state index contributed by atoms with van der Waals surface area (Å²) in [6.45, 7) is 12.3. The maximum atomic E-state index is 13.0. The fraction of sp³-hybridized carbons (Fsp3) is 0.850. The van der Waals surface area contributed by atoms with Crippen LogP contribution in [0.1, 0.15) is 41.0 Å². The minimum absolute atomic E-state index is 0.00180. The molecular weight excluding hydrogens is 376 g/mol. The van der Waals surface area contributed by atoms with Crippen LogP contribution in [0.15, 0.2) is 0 Å². The lowest BCUT2D eigenvalue weighted by Crippen LogP contribution is -2.54. The zero-order chi connectivity index (χ0) is 21.5. The largest absolute Gasteiger partial charge is 0.468 e. The van der Waals surface area contributed by atoms with E-state index >= 15 is 0 Å². The highest BCUT2D eigenvalue weighted by molar-refractivity contribution is 5.80. The molecule has 0 aliphatic carbocycles. The molecule has 0 aromatic carbocycles. The van der Waals surface area contributed by atoms with Crippen molar-refractivity contribution in [3.8, 4) is 0 Å². The van der Waals surface area contributed by atoms with Gasteiger partial charge >= 0.3 is 18.1 Å². The van der Waals surface area contributed by atoms with E-state index in [-0.39, 0.29) is 42.3 Å². The van der Waals surface area contributed by atoms with E-state index in [1.54, 1.807) is 4.90 Å². The van der Waals surface area contributed by atoms with Gasteiger partial charge in [-0.1, -0.05) is 0 Å². The van der Waals surface area contributed by atoms with Crippen molar-refractivity contribution in [1.82, 2.24) is 19.6 Å². The first kappa shape index (κ1) is 21.7. The van der Waals surface area contributed by atoms with Crippen LogP contribution in [0.5, 0.6) is 0 Å². The molecule has 3 heterocycles. The van der Waals surface area contributed by atoms with Gasteiger partial charge in [-0.3, -0.25) is 9.69 Å². The van der Waals surface area contributed by atoms with E-state index in [4.69, 9.17) is 9.47 Å². The number of methoxy groups -OCH3 is 1. The van der Waals surface area contributed by atoms with Gasteiger partial charge in [0.25, 0.3) is 0 Å². The van der Waals surface area contributed by atoms with Gasteiger partial charge in [-0.2, -0.15) is 0 Å². The average molecular weight is 411 g/mol. The number of piperazine rings is 1. The molecule has 3 amide bonds. The van der Waals surface area contributed by atoms with E-state index in [0.29, 0.717) is 39.1 Å². The lowest BCUT2D eigenvalue weighted by atomic mass is 10.1. The molecule has 3 aliphatic rings. The number of urea groups is 1. The molecule has 0 spiro atoms. The van der Waals surface area contributed by atoms with E-state index < -0.39 is 5.60 Å². The number of hydrogen-bond donors (Lipinski definition) is 0. The Morgan fingerprint density at radius 1 is 1.03 bits per heavy atom. The monoisotopic (exact) mass is 410 g/mol. The summed E-state index contributed by atoms with van der Waals surface area (Å²) in [5, 5.41) is 0. The van der Waals surface area contributed by atoms with Gasteiger partial charge in [-0.25, -0.2) is 9.59 Å². The van der Waals surface area contributed by atoms with E-state index in [9.17, 15) is 14.4 Å². The molecule has 0 radical (unpaired) electrons. The van der Waals surface area contributed by atoms with Gasteiger partial charge in [0.05, 0.1) is 13.2 Å². The third kappa shape index (κ3) is 4.44. The number of fused-ring (bicyclic) bond motifs is 1. The molecule has 9 heteroatoms. The van der Waals surface area contributed by atoms with Crippen molar-refractivity contribution in [2.75, 3.05) is 39.8 Å². The van der Waals surface area contributed by atoms with Crippen LogP contribution in [-0.4, -0.2) is 107 Å². The Morgan fingerprint density at radius 2 is 1.72 bits per heavy atom. The van der Waals surface area contributed by atoms with Crippen molar-refractivity contribution in [2.24, 2.45) is 0 Å². The number of nitrogens with zero attached hydrogens (tertiary/aromatic N) is 4. The quantitative estimate of drug-likeness (QED) is 0.654. The number of rotatable bonds is 3. The van der Waals surface area contributed by atoms with Crippen molar-refractivity contribution in [2.45, 2.75) is 70.8 Å². The second-order valence-corrected chi connectivity index (χ2v) is 9.43. The summed E-state index contributed by atoms with van der Waals surface area (Å²) in [5.41, 5.74) is -0.543. The number of carbonyl (C=O) groups excluding carboxylic acids is 3. The summed E-state index contributed by atoms with van der Waals surface area (Å²) in [4.78, 5) is 45.2. The topological polar surface area (TPSA) is 82.6 Å².